The molecule has 3 rings (SSSR count). The maximum Gasteiger partial charge on any atom is 0.243 e. The highest BCUT2D eigenvalue weighted by molar-refractivity contribution is 8.00. The molecule has 0 bridgehead atoms. The van der Waals surface area contributed by atoms with E-state index in [4.69, 9.17) is 0 Å². The first-order chi connectivity index (χ1) is 13.8. The summed E-state index contributed by atoms with van der Waals surface area (Å²) in [6.07, 6.45) is 2.70. The molecule has 2 aromatic carbocycles. The first kappa shape index (κ1) is 21.7. The van der Waals surface area contributed by atoms with Crippen LogP contribution in [-0.2, 0) is 14.8 Å². The van der Waals surface area contributed by atoms with Gasteiger partial charge in [-0.2, -0.15) is 4.31 Å². The number of piperidine rings is 1. The number of rotatable bonds is 6. The molecule has 2 aromatic rings. The first-order valence-electron chi connectivity index (χ1n) is 9.30. The summed E-state index contributed by atoms with van der Waals surface area (Å²) in [5.74, 6) is -1.83. The molecule has 1 aliphatic rings. The van der Waals surface area contributed by atoms with Crippen LogP contribution >= 0.6 is 11.8 Å². The molecule has 156 valence electrons. The zero-order valence-corrected chi connectivity index (χ0v) is 17.5. The molecule has 1 fully saturated rings. The average Bonchev–Trinajstić information content (AvgIpc) is 2.71. The molecule has 0 saturated carbocycles. The Kier molecular flexibility index (Phi) is 6.92. The fourth-order valence-electron chi connectivity index (χ4n) is 3.05. The van der Waals surface area contributed by atoms with E-state index in [1.165, 1.54) is 22.5 Å². The van der Waals surface area contributed by atoms with E-state index in [0.29, 0.717) is 18.8 Å². The van der Waals surface area contributed by atoms with Crippen LogP contribution in [0.4, 0.5) is 14.5 Å². The molecule has 0 aliphatic carbocycles. The van der Waals surface area contributed by atoms with Gasteiger partial charge >= 0.3 is 0 Å². The summed E-state index contributed by atoms with van der Waals surface area (Å²) >= 11 is 0.959. The third-order valence-corrected chi connectivity index (χ3v) is 7.67. The van der Waals surface area contributed by atoms with Crippen molar-refractivity contribution in [3.05, 3.63) is 54.1 Å². The Hall–Kier alpha value is -1.97. The fraction of sp³-hybridized carbons (Fsp3) is 0.350. The van der Waals surface area contributed by atoms with Gasteiger partial charge in [-0.05, 0) is 50.1 Å². The van der Waals surface area contributed by atoms with Crippen LogP contribution in [-0.4, -0.2) is 37.0 Å². The number of nitrogens with one attached hydrogen (secondary N) is 1. The van der Waals surface area contributed by atoms with Crippen LogP contribution in [0.3, 0.4) is 0 Å². The molecule has 29 heavy (non-hydrogen) atoms. The summed E-state index contributed by atoms with van der Waals surface area (Å²) in [6.45, 7) is 2.59. The first-order valence-corrected chi connectivity index (χ1v) is 11.6. The third kappa shape index (κ3) is 5.34. The van der Waals surface area contributed by atoms with E-state index in [1.54, 1.807) is 19.1 Å². The van der Waals surface area contributed by atoms with E-state index < -0.39 is 32.8 Å². The lowest BCUT2D eigenvalue weighted by atomic mass is 10.2. The second kappa shape index (κ2) is 9.23. The highest BCUT2D eigenvalue weighted by atomic mass is 32.2. The third-order valence-electron chi connectivity index (χ3n) is 4.62. The molecule has 9 heteroatoms. The van der Waals surface area contributed by atoms with Crippen LogP contribution in [0.2, 0.25) is 0 Å². The Bertz CT molecular complexity index is 993. The zero-order valence-electron chi connectivity index (χ0n) is 15.9. The Balaban J connectivity index is 1.69. The Morgan fingerprint density at radius 2 is 1.83 bits per heavy atom. The van der Waals surface area contributed by atoms with Crippen LogP contribution in [0.1, 0.15) is 26.2 Å². The molecule has 5 nitrogen and oxygen atoms in total. The van der Waals surface area contributed by atoms with Gasteiger partial charge in [-0.1, -0.05) is 12.5 Å². The highest BCUT2D eigenvalue weighted by Gasteiger charge is 2.26. The summed E-state index contributed by atoms with van der Waals surface area (Å²) in [5, 5.41) is 2.00. The number of hydrogen-bond donors (Lipinski definition) is 1. The molecular weight excluding hydrogens is 418 g/mol. The van der Waals surface area contributed by atoms with Crippen LogP contribution in [0.15, 0.2) is 52.3 Å². The molecule has 1 unspecified atom stereocenters. The van der Waals surface area contributed by atoms with Gasteiger partial charge in [-0.25, -0.2) is 17.2 Å². The van der Waals surface area contributed by atoms with Gasteiger partial charge in [0.05, 0.1) is 10.1 Å². The van der Waals surface area contributed by atoms with E-state index >= 15 is 0 Å². The van der Waals surface area contributed by atoms with Gasteiger partial charge in [0.2, 0.25) is 15.9 Å². The topological polar surface area (TPSA) is 66.5 Å². The molecule has 1 N–H and O–H groups in total. The lowest BCUT2D eigenvalue weighted by Crippen LogP contribution is -2.35. The van der Waals surface area contributed by atoms with Crippen molar-refractivity contribution in [2.45, 2.75) is 41.2 Å². The predicted molar refractivity (Wildman–Crippen MR) is 109 cm³/mol. The maximum atomic E-state index is 13.8. The molecule has 0 spiro atoms. The minimum Gasteiger partial charge on any atom is -0.325 e. The van der Waals surface area contributed by atoms with Gasteiger partial charge in [-0.15, -0.1) is 11.8 Å². The average molecular weight is 441 g/mol. The van der Waals surface area contributed by atoms with Crippen LogP contribution < -0.4 is 5.32 Å². The van der Waals surface area contributed by atoms with Crippen molar-refractivity contribution >= 4 is 33.4 Å². The van der Waals surface area contributed by atoms with Gasteiger partial charge in [0.15, 0.2) is 0 Å². The number of amides is 1. The number of carbonyl (C=O) groups excluding carboxylic acids is 1. The largest absolute Gasteiger partial charge is 0.325 e. The lowest BCUT2D eigenvalue weighted by Gasteiger charge is -2.26. The lowest BCUT2D eigenvalue weighted by molar-refractivity contribution is -0.115. The molecule has 0 aromatic heterocycles. The fourth-order valence-corrected chi connectivity index (χ4v) is 5.48. The summed E-state index contributed by atoms with van der Waals surface area (Å²) in [6, 6.07) is 9.29. The van der Waals surface area contributed by atoms with E-state index in [-0.39, 0.29) is 9.79 Å². The second-order valence-electron chi connectivity index (χ2n) is 6.82. The highest BCUT2D eigenvalue weighted by Crippen LogP contribution is 2.28. The van der Waals surface area contributed by atoms with E-state index in [0.717, 1.165) is 43.2 Å². The number of halogens is 2. The van der Waals surface area contributed by atoms with Crippen molar-refractivity contribution in [1.82, 2.24) is 4.31 Å². The van der Waals surface area contributed by atoms with Crippen molar-refractivity contribution in [3.8, 4) is 0 Å². The molecule has 1 amide bonds. The molecule has 1 heterocycles. The van der Waals surface area contributed by atoms with E-state index in [9.17, 15) is 22.0 Å². The van der Waals surface area contributed by atoms with Gasteiger partial charge in [0, 0.05) is 29.7 Å². The number of carbonyl (C=O) groups is 1. The van der Waals surface area contributed by atoms with Crippen molar-refractivity contribution < 1.29 is 22.0 Å². The van der Waals surface area contributed by atoms with Crippen molar-refractivity contribution in [1.29, 1.82) is 0 Å². The van der Waals surface area contributed by atoms with Gasteiger partial charge < -0.3 is 5.32 Å². The predicted octanol–water partition coefficient (Wildman–Crippen LogP) is 4.26. The maximum absolute atomic E-state index is 13.8. The number of sulfonamides is 1. The minimum absolute atomic E-state index is 0.127. The van der Waals surface area contributed by atoms with Crippen LogP contribution in [0.5, 0.6) is 0 Å². The minimum atomic E-state index is -3.61. The quantitative estimate of drug-likeness (QED) is 0.682. The molecular formula is C20H22F2N2O3S2. The molecule has 1 saturated heterocycles. The summed E-state index contributed by atoms with van der Waals surface area (Å²) < 4.78 is 53.9. The summed E-state index contributed by atoms with van der Waals surface area (Å²) in [7, 11) is -3.61. The SMILES string of the molecule is CC(Sc1ccc(F)cc1F)C(=O)Nc1cccc(S(=O)(=O)N2CCCCC2)c1. The molecule has 1 atom stereocenters. The van der Waals surface area contributed by atoms with Crippen molar-refractivity contribution in [2.75, 3.05) is 18.4 Å². The second-order valence-corrected chi connectivity index (χ2v) is 10.1. The number of hydrogen-bond acceptors (Lipinski definition) is 4. The van der Waals surface area contributed by atoms with E-state index in [1.807, 2.05) is 0 Å². The van der Waals surface area contributed by atoms with Crippen molar-refractivity contribution in [2.24, 2.45) is 0 Å². The number of nitrogens with zero attached hydrogens (tertiary/aromatic N) is 1. The number of anilines is 1. The van der Waals surface area contributed by atoms with E-state index in [2.05, 4.69) is 5.32 Å². The normalized spacial score (nSPS) is 16.4. The van der Waals surface area contributed by atoms with Crippen LogP contribution in [0.25, 0.3) is 0 Å². The monoisotopic (exact) mass is 440 g/mol. The van der Waals surface area contributed by atoms with Crippen molar-refractivity contribution in [3.63, 3.8) is 0 Å². The molecule has 0 radical (unpaired) electrons. The number of benzene rings is 2. The Labute approximate surface area is 173 Å². The number of thioether (sulfide) groups is 1. The Morgan fingerprint density at radius 3 is 2.52 bits per heavy atom. The smallest absolute Gasteiger partial charge is 0.243 e. The van der Waals surface area contributed by atoms with Crippen LogP contribution in [0, 0.1) is 11.6 Å². The van der Waals surface area contributed by atoms with Gasteiger partial charge in [0.1, 0.15) is 11.6 Å². The summed E-state index contributed by atoms with van der Waals surface area (Å²) in [5.41, 5.74) is 0.347. The summed E-state index contributed by atoms with van der Waals surface area (Å²) in [4.78, 5) is 12.8. The standard InChI is InChI=1S/C20H22F2N2O3S2/c1-14(28-19-9-8-15(21)12-18(19)22)20(25)23-16-6-5-7-17(13-16)29(26,27)24-10-3-2-4-11-24/h5-9,12-14H,2-4,10-11H2,1H3,(H,23,25). The van der Waals surface area contributed by atoms with Gasteiger partial charge in [0.25, 0.3) is 0 Å². The Morgan fingerprint density at radius 1 is 1.10 bits per heavy atom. The zero-order chi connectivity index (χ0) is 21.0. The molecule has 1 aliphatic heterocycles. The van der Waals surface area contributed by atoms with Gasteiger partial charge in [-0.3, -0.25) is 4.79 Å².